The van der Waals surface area contributed by atoms with Gasteiger partial charge in [0.25, 0.3) is 5.91 Å². The first-order valence-corrected chi connectivity index (χ1v) is 8.00. The number of amides is 1. The Hall–Kier alpha value is -2.19. The highest BCUT2D eigenvalue weighted by atomic mass is 79.9. The van der Waals surface area contributed by atoms with Crippen LogP contribution < -0.4 is 5.32 Å². The molecule has 0 aliphatic carbocycles. The molecule has 0 aliphatic heterocycles. The number of anilines is 1. The summed E-state index contributed by atoms with van der Waals surface area (Å²) in [6.07, 6.45) is 0. The van der Waals surface area contributed by atoms with Crippen molar-refractivity contribution in [1.29, 1.82) is 0 Å². The Labute approximate surface area is 142 Å². The predicted octanol–water partition coefficient (Wildman–Crippen LogP) is 4.50. The monoisotopic (exact) mass is 395 g/mol. The van der Waals surface area contributed by atoms with Gasteiger partial charge in [0.15, 0.2) is 5.01 Å². The minimum atomic E-state index is -0.731. The number of nitrogens with one attached hydrogen (secondary N) is 1. The molecule has 0 atom stereocenters. The lowest BCUT2D eigenvalue weighted by molar-refractivity contribution is 0.102. The summed E-state index contributed by atoms with van der Waals surface area (Å²) in [5.74, 6) is -1.85. The van der Waals surface area contributed by atoms with E-state index < -0.39 is 11.6 Å². The summed E-state index contributed by atoms with van der Waals surface area (Å²) in [6, 6.07) is 10.3. The van der Waals surface area contributed by atoms with Crippen LogP contribution in [0.5, 0.6) is 0 Å². The van der Waals surface area contributed by atoms with E-state index in [9.17, 15) is 13.6 Å². The van der Waals surface area contributed by atoms with E-state index in [-0.39, 0.29) is 21.6 Å². The molecule has 2 aromatic carbocycles. The third-order valence-electron chi connectivity index (χ3n) is 2.91. The molecular weight excluding hydrogens is 388 g/mol. The van der Waals surface area contributed by atoms with Gasteiger partial charge in [-0.25, -0.2) is 8.78 Å². The fraction of sp³-hybridized carbons (Fsp3) is 0. The van der Waals surface area contributed by atoms with E-state index >= 15 is 0 Å². The summed E-state index contributed by atoms with van der Waals surface area (Å²) in [5, 5.41) is 10.3. The molecule has 8 heteroatoms. The zero-order chi connectivity index (χ0) is 16.4. The van der Waals surface area contributed by atoms with Crippen LogP contribution >= 0.6 is 27.3 Å². The van der Waals surface area contributed by atoms with E-state index in [2.05, 4.69) is 31.4 Å². The number of hydrogen-bond donors (Lipinski definition) is 1. The first-order chi connectivity index (χ1) is 11.0. The molecule has 0 bridgehead atoms. The maximum absolute atomic E-state index is 13.7. The minimum absolute atomic E-state index is 0.0603. The average Bonchev–Trinajstić information content (AvgIpc) is 2.95. The molecule has 0 saturated carbocycles. The maximum Gasteiger partial charge on any atom is 0.257 e. The maximum atomic E-state index is 13.7. The van der Waals surface area contributed by atoms with Crippen molar-refractivity contribution in [1.82, 2.24) is 10.2 Å². The van der Waals surface area contributed by atoms with Crippen molar-refractivity contribution in [3.8, 4) is 10.6 Å². The molecule has 1 amide bonds. The Morgan fingerprint density at radius 1 is 1.09 bits per heavy atom. The summed E-state index contributed by atoms with van der Waals surface area (Å²) < 4.78 is 28.2. The smallest absolute Gasteiger partial charge is 0.257 e. The second-order valence-corrected chi connectivity index (χ2v) is 6.37. The third kappa shape index (κ3) is 3.43. The molecule has 3 aromatic rings. The molecule has 0 fully saturated rings. The molecule has 1 N–H and O–H groups in total. The third-order valence-corrected chi connectivity index (χ3v) is 4.26. The van der Waals surface area contributed by atoms with Crippen LogP contribution in [-0.2, 0) is 0 Å². The van der Waals surface area contributed by atoms with Crippen LogP contribution in [0, 0.1) is 11.6 Å². The van der Waals surface area contributed by atoms with Gasteiger partial charge < -0.3 is 0 Å². The van der Waals surface area contributed by atoms with Crippen LogP contribution in [0.4, 0.5) is 13.9 Å². The average molecular weight is 396 g/mol. The highest BCUT2D eigenvalue weighted by molar-refractivity contribution is 9.10. The van der Waals surface area contributed by atoms with Gasteiger partial charge in [-0.15, -0.1) is 10.2 Å². The summed E-state index contributed by atoms with van der Waals surface area (Å²) in [7, 11) is 0. The molecule has 0 spiro atoms. The topological polar surface area (TPSA) is 54.9 Å². The van der Waals surface area contributed by atoms with E-state index in [0.717, 1.165) is 27.9 Å². The molecule has 0 unspecified atom stereocenters. The van der Waals surface area contributed by atoms with E-state index in [1.54, 1.807) is 24.3 Å². The van der Waals surface area contributed by atoms with E-state index in [4.69, 9.17) is 0 Å². The Morgan fingerprint density at radius 3 is 2.48 bits per heavy atom. The zero-order valence-electron chi connectivity index (χ0n) is 11.4. The van der Waals surface area contributed by atoms with Crippen molar-refractivity contribution in [2.45, 2.75) is 0 Å². The molecule has 23 heavy (non-hydrogen) atoms. The minimum Gasteiger partial charge on any atom is -0.296 e. The lowest BCUT2D eigenvalue weighted by Gasteiger charge is -2.01. The van der Waals surface area contributed by atoms with Gasteiger partial charge in [-0.1, -0.05) is 39.4 Å². The van der Waals surface area contributed by atoms with Gasteiger partial charge in [0.1, 0.15) is 11.6 Å². The van der Waals surface area contributed by atoms with Crippen LogP contribution in [0.3, 0.4) is 0 Å². The first kappa shape index (κ1) is 15.7. The standard InChI is InChI=1S/C15H8BrF2N3OS/c16-9-4-1-3-8(7-9)13(22)19-15-21-20-14(23-15)12-10(17)5-2-6-11(12)18/h1-7H,(H,19,21,22). The molecular formula is C15H8BrF2N3OS. The van der Waals surface area contributed by atoms with Crippen molar-refractivity contribution < 1.29 is 13.6 Å². The fourth-order valence-electron chi connectivity index (χ4n) is 1.88. The highest BCUT2D eigenvalue weighted by Gasteiger charge is 2.17. The fourth-order valence-corrected chi connectivity index (χ4v) is 3.06. The van der Waals surface area contributed by atoms with Gasteiger partial charge in [-0.05, 0) is 30.3 Å². The van der Waals surface area contributed by atoms with Crippen LogP contribution in [-0.4, -0.2) is 16.1 Å². The lowest BCUT2D eigenvalue weighted by Crippen LogP contribution is -2.11. The second kappa shape index (κ2) is 6.51. The van der Waals surface area contributed by atoms with Crippen LogP contribution in [0.1, 0.15) is 10.4 Å². The largest absolute Gasteiger partial charge is 0.296 e. The van der Waals surface area contributed by atoms with Crippen molar-refractivity contribution in [2.24, 2.45) is 0 Å². The van der Waals surface area contributed by atoms with E-state index in [0.29, 0.717) is 5.56 Å². The SMILES string of the molecule is O=C(Nc1nnc(-c2c(F)cccc2F)s1)c1cccc(Br)c1. The first-order valence-electron chi connectivity index (χ1n) is 6.39. The van der Waals surface area contributed by atoms with Gasteiger partial charge >= 0.3 is 0 Å². The Balaban J connectivity index is 1.84. The number of nitrogens with zero attached hydrogens (tertiary/aromatic N) is 2. The van der Waals surface area contributed by atoms with Crippen molar-refractivity contribution in [2.75, 3.05) is 5.32 Å². The van der Waals surface area contributed by atoms with Crippen LogP contribution in [0.25, 0.3) is 10.6 Å². The summed E-state index contributed by atoms with van der Waals surface area (Å²) in [6.45, 7) is 0. The quantitative estimate of drug-likeness (QED) is 0.710. The van der Waals surface area contributed by atoms with Crippen LogP contribution in [0.15, 0.2) is 46.9 Å². The van der Waals surface area contributed by atoms with Gasteiger partial charge in [0, 0.05) is 10.0 Å². The van der Waals surface area contributed by atoms with Gasteiger partial charge in [-0.3, -0.25) is 10.1 Å². The molecule has 0 radical (unpaired) electrons. The lowest BCUT2D eigenvalue weighted by atomic mass is 10.2. The number of aromatic nitrogens is 2. The number of carbonyl (C=O) groups is 1. The Morgan fingerprint density at radius 2 is 1.78 bits per heavy atom. The van der Waals surface area contributed by atoms with E-state index in [1.807, 2.05) is 0 Å². The summed E-state index contributed by atoms with van der Waals surface area (Å²) in [4.78, 5) is 12.1. The normalized spacial score (nSPS) is 10.6. The highest BCUT2D eigenvalue weighted by Crippen LogP contribution is 2.30. The number of hydrogen-bond acceptors (Lipinski definition) is 4. The molecule has 1 aromatic heterocycles. The molecule has 3 rings (SSSR count). The van der Waals surface area contributed by atoms with Gasteiger partial charge in [-0.2, -0.15) is 0 Å². The predicted molar refractivity (Wildman–Crippen MR) is 87.4 cm³/mol. The molecule has 116 valence electrons. The zero-order valence-corrected chi connectivity index (χ0v) is 13.8. The molecule has 0 saturated heterocycles. The second-order valence-electron chi connectivity index (χ2n) is 4.47. The molecule has 1 heterocycles. The number of halogens is 3. The van der Waals surface area contributed by atoms with Gasteiger partial charge in [0.2, 0.25) is 5.13 Å². The van der Waals surface area contributed by atoms with Gasteiger partial charge in [0.05, 0.1) is 5.56 Å². The van der Waals surface area contributed by atoms with Crippen LogP contribution in [0.2, 0.25) is 0 Å². The van der Waals surface area contributed by atoms with Crippen molar-refractivity contribution >= 4 is 38.3 Å². The Kier molecular flexibility index (Phi) is 4.44. The Bertz CT molecular complexity index is 864. The van der Waals surface area contributed by atoms with Crippen molar-refractivity contribution in [3.63, 3.8) is 0 Å². The number of benzene rings is 2. The summed E-state index contributed by atoms with van der Waals surface area (Å²) >= 11 is 4.17. The number of rotatable bonds is 3. The number of carbonyl (C=O) groups excluding carboxylic acids is 1. The molecule has 0 aliphatic rings. The summed E-state index contributed by atoms with van der Waals surface area (Å²) in [5.41, 5.74) is 0.168. The molecule has 4 nitrogen and oxygen atoms in total. The van der Waals surface area contributed by atoms with E-state index in [1.165, 1.54) is 6.07 Å². The van der Waals surface area contributed by atoms with Crippen molar-refractivity contribution in [3.05, 3.63) is 64.1 Å².